The molecule has 3 N–H and O–H groups in total. The third-order valence-corrected chi connectivity index (χ3v) is 3.85. The number of nitrogens with one attached hydrogen (secondary N) is 1. The van der Waals surface area contributed by atoms with E-state index in [9.17, 15) is 22.4 Å². The number of methoxy groups -OCH3 is 1. The monoisotopic (exact) mass is 428 g/mol. The zero-order valence-corrected chi connectivity index (χ0v) is 15.9. The molecule has 0 saturated carbocycles. The van der Waals surface area contributed by atoms with Crippen molar-refractivity contribution in [1.29, 1.82) is 0 Å². The van der Waals surface area contributed by atoms with Crippen molar-refractivity contribution >= 4 is 22.9 Å². The predicted molar refractivity (Wildman–Crippen MR) is 104 cm³/mol. The van der Waals surface area contributed by atoms with E-state index in [2.05, 4.69) is 14.8 Å². The van der Waals surface area contributed by atoms with Crippen molar-refractivity contribution in [1.82, 2.24) is 0 Å². The van der Waals surface area contributed by atoms with Crippen LogP contribution in [0.1, 0.15) is 12.0 Å². The van der Waals surface area contributed by atoms with E-state index in [0.717, 1.165) is 12.1 Å². The summed E-state index contributed by atoms with van der Waals surface area (Å²) in [5.74, 6) is -1.66. The Hall–Kier alpha value is -3.27. The van der Waals surface area contributed by atoms with E-state index in [1.807, 2.05) is 0 Å². The zero-order chi connectivity index (χ0) is 22.1. The molecule has 0 fully saturated rings. The molecule has 162 valence electrons. The first-order valence-electron chi connectivity index (χ1n) is 8.69. The Morgan fingerprint density at radius 3 is 2.37 bits per heavy atom. The van der Waals surface area contributed by atoms with Gasteiger partial charge in [0.15, 0.2) is 11.5 Å². The first kappa shape index (κ1) is 23.0. The first-order chi connectivity index (χ1) is 14.3. The molecule has 2 aromatic rings. The average Bonchev–Trinajstić information content (AvgIpc) is 2.67. The Kier molecular flexibility index (Phi) is 8.48. The number of rotatable bonds is 10. The molecule has 0 atom stereocenters. The van der Waals surface area contributed by atoms with E-state index in [4.69, 9.17) is 10.5 Å². The van der Waals surface area contributed by atoms with E-state index in [1.54, 1.807) is 24.3 Å². The molecule has 0 saturated heterocycles. The third kappa shape index (κ3) is 6.96. The number of amides is 1. The maximum Gasteiger partial charge on any atom is 0.387 e. The Morgan fingerprint density at radius 2 is 1.73 bits per heavy atom. The lowest BCUT2D eigenvalue weighted by Crippen LogP contribution is -2.11. The highest BCUT2D eigenvalue weighted by molar-refractivity contribution is 6.05. The number of nitrogens with two attached hydrogens (primary N) is 1. The van der Waals surface area contributed by atoms with Crippen LogP contribution in [0.3, 0.4) is 0 Å². The van der Waals surface area contributed by atoms with Crippen molar-refractivity contribution in [2.45, 2.75) is 19.6 Å². The normalized spacial score (nSPS) is 11.6. The molecule has 0 aliphatic carbocycles. The van der Waals surface area contributed by atoms with E-state index < -0.39 is 30.6 Å². The summed E-state index contributed by atoms with van der Waals surface area (Å²) in [6.07, 6.45) is 1.47. The largest absolute Gasteiger partial charge is 0.431 e. The fraction of sp³-hybridized carbons (Fsp3) is 0.250. The van der Waals surface area contributed by atoms with Crippen LogP contribution in [0.25, 0.3) is 5.57 Å². The van der Waals surface area contributed by atoms with Crippen LogP contribution < -0.4 is 20.5 Å². The summed E-state index contributed by atoms with van der Waals surface area (Å²) in [5, 5.41) is 2.61. The van der Waals surface area contributed by atoms with Gasteiger partial charge < -0.3 is 25.3 Å². The summed E-state index contributed by atoms with van der Waals surface area (Å²) < 4.78 is 63.9. The third-order valence-electron chi connectivity index (χ3n) is 3.85. The van der Waals surface area contributed by atoms with Gasteiger partial charge in [-0.1, -0.05) is 18.2 Å². The van der Waals surface area contributed by atoms with Crippen LogP contribution in [0, 0.1) is 0 Å². The van der Waals surface area contributed by atoms with Crippen LogP contribution in [0.2, 0.25) is 0 Å². The summed E-state index contributed by atoms with van der Waals surface area (Å²) >= 11 is 0. The van der Waals surface area contributed by atoms with Crippen LogP contribution in [0.5, 0.6) is 11.5 Å². The number of nitrogen functional groups attached to an aromatic ring is 1. The molecule has 10 heteroatoms. The first-order valence-corrected chi connectivity index (χ1v) is 8.69. The summed E-state index contributed by atoms with van der Waals surface area (Å²) in [6.45, 7) is -6.26. The number of para-hydroxylation sites is 2. The van der Waals surface area contributed by atoms with Gasteiger partial charge in [-0.3, -0.25) is 4.79 Å². The van der Waals surface area contributed by atoms with Crippen molar-refractivity contribution in [3.05, 3.63) is 54.1 Å². The molecule has 0 spiro atoms. The number of hydrogen-bond acceptors (Lipinski definition) is 5. The number of benzene rings is 2. The minimum Gasteiger partial charge on any atom is -0.431 e. The highest BCUT2D eigenvalue weighted by Gasteiger charge is 2.17. The molecule has 2 rings (SSSR count). The molecule has 0 bridgehead atoms. The van der Waals surface area contributed by atoms with Gasteiger partial charge in [-0.15, -0.1) is 0 Å². The van der Waals surface area contributed by atoms with E-state index in [1.165, 1.54) is 19.3 Å². The summed E-state index contributed by atoms with van der Waals surface area (Å²) in [6, 6.07) is 10.1. The van der Waals surface area contributed by atoms with E-state index in [-0.39, 0.29) is 13.0 Å². The molecule has 0 unspecified atom stereocenters. The highest BCUT2D eigenvalue weighted by Crippen LogP contribution is 2.34. The topological polar surface area (TPSA) is 82.8 Å². The summed E-state index contributed by atoms with van der Waals surface area (Å²) in [5.41, 5.74) is 7.24. The molecule has 0 radical (unpaired) electrons. The van der Waals surface area contributed by atoms with Crippen molar-refractivity contribution in [2.24, 2.45) is 0 Å². The van der Waals surface area contributed by atoms with Gasteiger partial charge in [0.05, 0.1) is 18.0 Å². The highest BCUT2D eigenvalue weighted by atomic mass is 19.3. The molecule has 30 heavy (non-hydrogen) atoms. The molecular weight excluding hydrogens is 408 g/mol. The Morgan fingerprint density at radius 1 is 1.07 bits per heavy atom. The van der Waals surface area contributed by atoms with Crippen molar-refractivity contribution in [2.75, 3.05) is 24.8 Å². The van der Waals surface area contributed by atoms with Gasteiger partial charge in [-0.25, -0.2) is 0 Å². The van der Waals surface area contributed by atoms with Crippen LogP contribution in [-0.4, -0.2) is 32.8 Å². The smallest absolute Gasteiger partial charge is 0.387 e. The fourth-order valence-electron chi connectivity index (χ4n) is 2.54. The fourth-order valence-corrected chi connectivity index (χ4v) is 2.54. The number of halogens is 4. The van der Waals surface area contributed by atoms with Crippen molar-refractivity contribution in [3.63, 3.8) is 0 Å². The minimum absolute atomic E-state index is 0.215. The number of hydrogen-bond donors (Lipinski definition) is 2. The van der Waals surface area contributed by atoms with Gasteiger partial charge in [0, 0.05) is 13.2 Å². The van der Waals surface area contributed by atoms with Crippen LogP contribution >= 0.6 is 0 Å². The van der Waals surface area contributed by atoms with Gasteiger partial charge >= 0.3 is 13.2 Å². The van der Waals surface area contributed by atoms with Gasteiger partial charge in [-0.2, -0.15) is 17.6 Å². The lowest BCUT2D eigenvalue weighted by atomic mass is 10.0. The van der Waals surface area contributed by atoms with E-state index in [0.29, 0.717) is 22.5 Å². The minimum atomic E-state index is -3.25. The second kappa shape index (κ2) is 11.1. The average molecular weight is 428 g/mol. The quantitative estimate of drug-likeness (QED) is 0.330. The molecule has 0 aliphatic heterocycles. The number of ether oxygens (including phenoxy) is 3. The lowest BCUT2D eigenvalue weighted by Gasteiger charge is -2.15. The molecule has 0 aromatic heterocycles. The molecule has 0 heterocycles. The molecule has 1 amide bonds. The van der Waals surface area contributed by atoms with Gasteiger partial charge in [0.25, 0.3) is 0 Å². The zero-order valence-electron chi connectivity index (χ0n) is 15.9. The Bertz CT molecular complexity index is 891. The van der Waals surface area contributed by atoms with Gasteiger partial charge in [0.1, 0.15) is 0 Å². The summed E-state index contributed by atoms with van der Waals surface area (Å²) in [7, 11) is 1.45. The standard InChI is InChI=1S/C20H20F4N2O4/c1-28-9-8-13(11-18(27)26-15-5-3-2-4-14(15)25)12-6-7-16(29-19(21)22)17(10-12)30-20(23)24/h2-7,10-11,19-20H,8-9,25H2,1H3,(H,26,27)/b13-11+. The number of anilines is 2. The van der Waals surface area contributed by atoms with E-state index >= 15 is 0 Å². The number of alkyl halides is 4. The predicted octanol–water partition coefficient (Wildman–Crippen LogP) is 4.53. The maximum atomic E-state index is 12.7. The molecule has 6 nitrogen and oxygen atoms in total. The van der Waals surface area contributed by atoms with Gasteiger partial charge in [-0.05, 0) is 41.8 Å². The van der Waals surface area contributed by atoms with Crippen LogP contribution in [0.15, 0.2) is 48.5 Å². The molecule has 0 aliphatic rings. The second-order valence-electron chi connectivity index (χ2n) is 5.91. The lowest BCUT2D eigenvalue weighted by molar-refractivity contribution is -0.111. The molecule has 2 aromatic carbocycles. The second-order valence-corrected chi connectivity index (χ2v) is 5.91. The van der Waals surface area contributed by atoms with Crippen LogP contribution in [-0.2, 0) is 9.53 Å². The Labute approximate surface area is 170 Å². The number of carbonyl (C=O) groups is 1. The Balaban J connectivity index is 2.35. The SMILES string of the molecule is COCC/C(=C\C(=O)Nc1ccccc1N)c1ccc(OC(F)F)c(OC(F)F)c1. The van der Waals surface area contributed by atoms with Crippen LogP contribution in [0.4, 0.5) is 28.9 Å². The maximum absolute atomic E-state index is 12.7. The summed E-state index contributed by atoms with van der Waals surface area (Å²) in [4.78, 5) is 12.4. The van der Waals surface area contributed by atoms with Crippen molar-refractivity contribution in [3.8, 4) is 11.5 Å². The number of carbonyl (C=O) groups excluding carboxylic acids is 1. The van der Waals surface area contributed by atoms with Crippen molar-refractivity contribution < 1.29 is 36.6 Å². The van der Waals surface area contributed by atoms with Gasteiger partial charge in [0.2, 0.25) is 5.91 Å². The molecular formula is C20H20F4N2O4.